The number of nitrogens with one attached hydrogen (secondary N) is 1. The molecule has 3 N–H and O–H groups in total. The third-order valence-corrected chi connectivity index (χ3v) is 2.42. The maximum Gasteiger partial charge on any atom is 0.131 e. The van der Waals surface area contributed by atoms with Crippen LogP contribution in [-0.4, -0.2) is 9.97 Å². The highest BCUT2D eigenvalue weighted by Crippen LogP contribution is 2.20. The van der Waals surface area contributed by atoms with Gasteiger partial charge in [0.15, 0.2) is 0 Å². The van der Waals surface area contributed by atoms with Gasteiger partial charge in [0, 0.05) is 11.6 Å². The van der Waals surface area contributed by atoms with E-state index >= 15 is 0 Å². The zero-order chi connectivity index (χ0) is 12.3. The molecular formula is C12H13FN4. The highest BCUT2D eigenvalue weighted by Gasteiger charge is 2.10. The van der Waals surface area contributed by atoms with Crippen LogP contribution in [0.3, 0.4) is 0 Å². The molecule has 1 heterocycles. The van der Waals surface area contributed by atoms with Gasteiger partial charge in [-0.2, -0.15) is 0 Å². The van der Waals surface area contributed by atoms with Crippen molar-refractivity contribution in [2.45, 2.75) is 13.0 Å². The average Bonchev–Trinajstić information content (AvgIpc) is 2.29. The predicted octanol–water partition coefficient (Wildman–Crippen LogP) is 2.37. The molecule has 4 nitrogen and oxygen atoms in total. The monoisotopic (exact) mass is 232 g/mol. The molecule has 0 aliphatic heterocycles. The Labute approximate surface area is 98.7 Å². The van der Waals surface area contributed by atoms with E-state index in [2.05, 4.69) is 15.3 Å². The minimum Gasteiger partial charge on any atom is -0.384 e. The molecule has 1 aromatic heterocycles. The number of anilines is 2. The van der Waals surface area contributed by atoms with Crippen LogP contribution in [0.2, 0.25) is 0 Å². The highest BCUT2D eigenvalue weighted by molar-refractivity contribution is 5.45. The van der Waals surface area contributed by atoms with Gasteiger partial charge in [0.1, 0.15) is 23.8 Å². The molecule has 0 fully saturated rings. The number of nitrogen functional groups attached to an aromatic ring is 1. The molecule has 0 aliphatic rings. The van der Waals surface area contributed by atoms with E-state index in [4.69, 9.17) is 5.73 Å². The average molecular weight is 232 g/mol. The third kappa shape index (κ3) is 2.69. The van der Waals surface area contributed by atoms with Crippen molar-refractivity contribution < 1.29 is 4.39 Å². The van der Waals surface area contributed by atoms with E-state index in [9.17, 15) is 4.39 Å². The van der Waals surface area contributed by atoms with Crippen LogP contribution in [-0.2, 0) is 0 Å². The molecule has 0 radical (unpaired) electrons. The molecule has 0 spiro atoms. The number of benzene rings is 1. The number of nitrogens with zero attached hydrogens (tertiary/aromatic N) is 2. The quantitative estimate of drug-likeness (QED) is 0.852. The van der Waals surface area contributed by atoms with Crippen molar-refractivity contribution in [3.8, 4) is 0 Å². The molecule has 2 aromatic rings. The topological polar surface area (TPSA) is 63.8 Å². The second-order valence-corrected chi connectivity index (χ2v) is 3.72. The van der Waals surface area contributed by atoms with E-state index in [1.54, 1.807) is 24.3 Å². The maximum absolute atomic E-state index is 13.5. The second-order valence-electron chi connectivity index (χ2n) is 3.72. The normalized spacial score (nSPS) is 12.1. The molecule has 5 heteroatoms. The Bertz CT molecular complexity index is 515. The summed E-state index contributed by atoms with van der Waals surface area (Å²) in [4.78, 5) is 7.80. The standard InChI is InChI=1S/C12H13FN4/c1-8(9-4-2-3-5-10(9)13)17-12-6-11(14)15-7-16-12/h2-8H,1H3,(H3,14,15,16,17). The van der Waals surface area contributed by atoms with Gasteiger partial charge in [-0.05, 0) is 13.0 Å². The predicted molar refractivity (Wildman–Crippen MR) is 64.9 cm³/mol. The number of aromatic nitrogens is 2. The van der Waals surface area contributed by atoms with Gasteiger partial charge in [0.05, 0.1) is 6.04 Å². The lowest BCUT2D eigenvalue weighted by atomic mass is 10.1. The van der Waals surface area contributed by atoms with Crippen molar-refractivity contribution in [2.24, 2.45) is 0 Å². The van der Waals surface area contributed by atoms with Crippen molar-refractivity contribution in [1.29, 1.82) is 0 Å². The van der Waals surface area contributed by atoms with Gasteiger partial charge in [-0.3, -0.25) is 0 Å². The zero-order valence-corrected chi connectivity index (χ0v) is 9.39. The van der Waals surface area contributed by atoms with Crippen molar-refractivity contribution >= 4 is 11.6 Å². The molecule has 1 atom stereocenters. The molecule has 0 saturated heterocycles. The van der Waals surface area contributed by atoms with Crippen LogP contribution < -0.4 is 11.1 Å². The number of halogens is 1. The minimum atomic E-state index is -0.241. The molecule has 0 saturated carbocycles. The Kier molecular flexibility index (Phi) is 3.18. The van der Waals surface area contributed by atoms with Crippen LogP contribution >= 0.6 is 0 Å². The summed E-state index contributed by atoms with van der Waals surface area (Å²) in [6.07, 6.45) is 1.37. The Morgan fingerprint density at radius 2 is 2.06 bits per heavy atom. The van der Waals surface area contributed by atoms with Crippen LogP contribution in [0.25, 0.3) is 0 Å². The minimum absolute atomic E-state index is 0.189. The van der Waals surface area contributed by atoms with E-state index in [0.29, 0.717) is 17.2 Å². The first-order valence-electron chi connectivity index (χ1n) is 5.25. The van der Waals surface area contributed by atoms with Crippen LogP contribution in [0, 0.1) is 5.82 Å². The van der Waals surface area contributed by atoms with Crippen LogP contribution in [0.5, 0.6) is 0 Å². The second kappa shape index (κ2) is 4.78. The summed E-state index contributed by atoms with van der Waals surface area (Å²) in [6, 6.07) is 8.04. The van der Waals surface area contributed by atoms with Crippen LogP contribution in [0.15, 0.2) is 36.7 Å². The smallest absolute Gasteiger partial charge is 0.131 e. The third-order valence-electron chi connectivity index (χ3n) is 2.42. The highest BCUT2D eigenvalue weighted by atomic mass is 19.1. The fourth-order valence-corrected chi connectivity index (χ4v) is 1.58. The molecular weight excluding hydrogens is 219 g/mol. The summed E-state index contributed by atoms with van der Waals surface area (Å²) in [5.74, 6) is 0.714. The van der Waals surface area contributed by atoms with Crippen molar-refractivity contribution in [1.82, 2.24) is 9.97 Å². The van der Waals surface area contributed by atoms with Gasteiger partial charge in [0.2, 0.25) is 0 Å². The molecule has 0 amide bonds. The van der Waals surface area contributed by atoms with Crippen molar-refractivity contribution in [2.75, 3.05) is 11.1 Å². The molecule has 17 heavy (non-hydrogen) atoms. The van der Waals surface area contributed by atoms with E-state index < -0.39 is 0 Å². The van der Waals surface area contributed by atoms with Gasteiger partial charge in [-0.15, -0.1) is 0 Å². The number of hydrogen-bond donors (Lipinski definition) is 2. The molecule has 0 bridgehead atoms. The lowest BCUT2D eigenvalue weighted by Crippen LogP contribution is -2.10. The molecule has 1 aromatic carbocycles. The molecule has 0 aliphatic carbocycles. The van der Waals surface area contributed by atoms with Gasteiger partial charge in [0.25, 0.3) is 0 Å². The zero-order valence-electron chi connectivity index (χ0n) is 9.39. The van der Waals surface area contributed by atoms with Gasteiger partial charge in [-0.25, -0.2) is 14.4 Å². The van der Waals surface area contributed by atoms with E-state index in [0.717, 1.165) is 0 Å². The van der Waals surface area contributed by atoms with Crippen molar-refractivity contribution in [3.63, 3.8) is 0 Å². The summed E-state index contributed by atoms with van der Waals surface area (Å²) in [5.41, 5.74) is 6.13. The summed E-state index contributed by atoms with van der Waals surface area (Å²) in [5, 5.41) is 3.07. The summed E-state index contributed by atoms with van der Waals surface area (Å²) >= 11 is 0. The first kappa shape index (κ1) is 11.3. The maximum atomic E-state index is 13.5. The van der Waals surface area contributed by atoms with Crippen molar-refractivity contribution in [3.05, 3.63) is 48.0 Å². The molecule has 1 unspecified atom stereocenters. The number of rotatable bonds is 3. The summed E-state index contributed by atoms with van der Waals surface area (Å²) in [7, 11) is 0. The first-order chi connectivity index (χ1) is 8.16. The van der Waals surface area contributed by atoms with Gasteiger partial charge in [-0.1, -0.05) is 18.2 Å². The van der Waals surface area contributed by atoms with Crippen LogP contribution in [0.1, 0.15) is 18.5 Å². The fraction of sp³-hybridized carbons (Fsp3) is 0.167. The lowest BCUT2D eigenvalue weighted by Gasteiger charge is -2.15. The van der Waals surface area contributed by atoms with E-state index in [1.807, 2.05) is 6.92 Å². The summed E-state index contributed by atoms with van der Waals surface area (Å²) < 4.78 is 13.5. The number of hydrogen-bond acceptors (Lipinski definition) is 4. The Hall–Kier alpha value is -2.17. The number of nitrogens with two attached hydrogens (primary N) is 1. The summed E-state index contributed by atoms with van der Waals surface area (Å²) in [6.45, 7) is 1.86. The molecule has 88 valence electrons. The Morgan fingerprint density at radius 3 is 2.76 bits per heavy atom. The Balaban J connectivity index is 2.17. The SMILES string of the molecule is CC(Nc1cc(N)ncn1)c1ccccc1F. The van der Waals surface area contributed by atoms with Gasteiger partial charge < -0.3 is 11.1 Å². The molecule has 2 rings (SSSR count). The largest absolute Gasteiger partial charge is 0.384 e. The lowest BCUT2D eigenvalue weighted by molar-refractivity contribution is 0.600. The first-order valence-corrected chi connectivity index (χ1v) is 5.25. The van der Waals surface area contributed by atoms with Crippen LogP contribution in [0.4, 0.5) is 16.0 Å². The van der Waals surface area contributed by atoms with E-state index in [1.165, 1.54) is 12.4 Å². The van der Waals surface area contributed by atoms with E-state index in [-0.39, 0.29) is 11.9 Å². The fourth-order valence-electron chi connectivity index (χ4n) is 1.58. The van der Waals surface area contributed by atoms with Gasteiger partial charge >= 0.3 is 0 Å². The Morgan fingerprint density at radius 1 is 1.29 bits per heavy atom.